The Morgan fingerprint density at radius 3 is 2.20 bits per heavy atom. The lowest BCUT2D eigenvalue weighted by Gasteiger charge is -2.31. The fourth-order valence-corrected chi connectivity index (χ4v) is 4.85. The molecule has 0 heterocycles. The number of unbranched alkanes of at least 4 members (excludes halogenated alkanes) is 1. The summed E-state index contributed by atoms with van der Waals surface area (Å²) in [4.78, 5) is 28.8. The van der Waals surface area contributed by atoms with Crippen molar-refractivity contribution in [3.05, 3.63) is 107 Å². The summed E-state index contributed by atoms with van der Waals surface area (Å²) in [6.45, 7) is 5.18. The molecule has 2 amide bonds. The molecule has 1 atom stereocenters. The molecule has 0 spiro atoms. The molecule has 0 bridgehead atoms. The van der Waals surface area contributed by atoms with Gasteiger partial charge in [0, 0.05) is 25.3 Å². The molecular formula is C30H36N2O2S. The molecule has 0 fully saturated rings. The van der Waals surface area contributed by atoms with Crippen LogP contribution in [0.3, 0.4) is 0 Å². The van der Waals surface area contributed by atoms with Crippen molar-refractivity contribution in [3.63, 3.8) is 0 Å². The van der Waals surface area contributed by atoms with Gasteiger partial charge >= 0.3 is 0 Å². The fraction of sp³-hybridized carbons (Fsp3) is 0.333. The van der Waals surface area contributed by atoms with Crippen LogP contribution in [-0.2, 0) is 28.3 Å². The Bertz CT molecular complexity index is 1060. The monoisotopic (exact) mass is 488 g/mol. The van der Waals surface area contributed by atoms with Crippen molar-refractivity contribution >= 4 is 23.6 Å². The van der Waals surface area contributed by atoms with Gasteiger partial charge in [-0.15, -0.1) is 11.8 Å². The highest BCUT2D eigenvalue weighted by Gasteiger charge is 2.30. The number of nitrogens with zero attached hydrogens (tertiary/aromatic N) is 1. The number of carbonyl (C=O) groups is 2. The first-order valence-corrected chi connectivity index (χ1v) is 13.5. The standard InChI is InChI=1S/C30H36N2O2S/c1-3-4-18-31-30(34)28(20-25-13-7-5-8-14-25)32(21-27-17-11-12-24(2)19-27)29(33)23-35-22-26-15-9-6-10-16-26/h5-17,19,28H,3-4,18,20-23H2,1-2H3,(H,31,34)/t28-/m0/s1. The summed E-state index contributed by atoms with van der Waals surface area (Å²) >= 11 is 1.59. The minimum absolute atomic E-state index is 0.0148. The Kier molecular flexibility index (Phi) is 10.9. The Hall–Kier alpha value is -3.05. The summed E-state index contributed by atoms with van der Waals surface area (Å²) < 4.78 is 0. The summed E-state index contributed by atoms with van der Waals surface area (Å²) in [5.41, 5.74) is 4.40. The van der Waals surface area contributed by atoms with Gasteiger partial charge in [0.05, 0.1) is 5.75 Å². The second-order valence-electron chi connectivity index (χ2n) is 8.84. The van der Waals surface area contributed by atoms with Crippen LogP contribution < -0.4 is 5.32 Å². The lowest BCUT2D eigenvalue weighted by molar-refractivity contribution is -0.139. The highest BCUT2D eigenvalue weighted by molar-refractivity contribution is 7.99. The zero-order valence-electron chi connectivity index (χ0n) is 20.8. The lowest BCUT2D eigenvalue weighted by Crippen LogP contribution is -2.51. The molecule has 0 radical (unpaired) electrons. The maximum Gasteiger partial charge on any atom is 0.243 e. The fourth-order valence-electron chi connectivity index (χ4n) is 3.98. The van der Waals surface area contributed by atoms with Crippen molar-refractivity contribution < 1.29 is 9.59 Å². The van der Waals surface area contributed by atoms with Crippen LogP contribution in [0, 0.1) is 6.92 Å². The molecule has 3 aromatic rings. The molecular weight excluding hydrogens is 452 g/mol. The third-order valence-corrected chi connectivity index (χ3v) is 6.86. The average molecular weight is 489 g/mol. The molecule has 0 aliphatic carbocycles. The molecule has 1 N–H and O–H groups in total. The van der Waals surface area contributed by atoms with E-state index in [0.717, 1.165) is 35.3 Å². The Morgan fingerprint density at radius 2 is 1.54 bits per heavy atom. The molecule has 0 saturated heterocycles. The second kappa shape index (κ2) is 14.4. The summed E-state index contributed by atoms with van der Waals surface area (Å²) in [5.74, 6) is 0.987. The van der Waals surface area contributed by atoms with E-state index >= 15 is 0 Å². The minimum atomic E-state index is -0.570. The first kappa shape index (κ1) is 26.6. The summed E-state index contributed by atoms with van der Waals surface area (Å²) in [6.07, 6.45) is 2.41. The molecule has 5 heteroatoms. The van der Waals surface area contributed by atoms with Crippen molar-refractivity contribution in [1.82, 2.24) is 10.2 Å². The number of benzene rings is 3. The maximum atomic E-state index is 13.6. The SMILES string of the molecule is CCCCNC(=O)[C@H](Cc1ccccc1)N(Cc1cccc(C)c1)C(=O)CSCc1ccccc1. The number of hydrogen-bond donors (Lipinski definition) is 1. The van der Waals surface area contributed by atoms with E-state index in [2.05, 4.69) is 30.4 Å². The Labute approximate surface area is 214 Å². The van der Waals surface area contributed by atoms with Crippen molar-refractivity contribution in [2.24, 2.45) is 0 Å². The number of carbonyl (C=O) groups excluding carboxylic acids is 2. The second-order valence-corrected chi connectivity index (χ2v) is 9.82. The molecule has 4 nitrogen and oxygen atoms in total. The van der Waals surface area contributed by atoms with Gasteiger partial charge in [0.1, 0.15) is 6.04 Å². The molecule has 184 valence electrons. The van der Waals surface area contributed by atoms with Gasteiger partial charge < -0.3 is 10.2 Å². The van der Waals surface area contributed by atoms with Crippen LogP contribution in [-0.4, -0.2) is 35.1 Å². The molecule has 0 aliphatic rings. The number of nitrogens with one attached hydrogen (secondary N) is 1. The molecule has 3 aromatic carbocycles. The topological polar surface area (TPSA) is 49.4 Å². The van der Waals surface area contributed by atoms with Gasteiger partial charge in [-0.25, -0.2) is 0 Å². The van der Waals surface area contributed by atoms with Gasteiger partial charge in [0.15, 0.2) is 0 Å². The first-order valence-electron chi connectivity index (χ1n) is 12.3. The summed E-state index contributed by atoms with van der Waals surface area (Å²) in [7, 11) is 0. The van der Waals surface area contributed by atoms with Crippen LogP contribution in [0.4, 0.5) is 0 Å². The molecule has 35 heavy (non-hydrogen) atoms. The van der Waals surface area contributed by atoms with E-state index in [9.17, 15) is 9.59 Å². The number of hydrogen-bond acceptors (Lipinski definition) is 3. The summed E-state index contributed by atoms with van der Waals surface area (Å²) in [5, 5.41) is 3.08. The van der Waals surface area contributed by atoms with Crippen LogP contribution >= 0.6 is 11.8 Å². The summed E-state index contributed by atoms with van der Waals surface area (Å²) in [6, 6.07) is 27.7. The zero-order chi connectivity index (χ0) is 24.9. The van der Waals surface area contributed by atoms with E-state index in [-0.39, 0.29) is 11.8 Å². The van der Waals surface area contributed by atoms with Gasteiger partial charge in [-0.2, -0.15) is 0 Å². The Morgan fingerprint density at radius 1 is 0.886 bits per heavy atom. The van der Waals surface area contributed by atoms with E-state index < -0.39 is 6.04 Å². The third kappa shape index (κ3) is 8.91. The van der Waals surface area contributed by atoms with Crippen molar-refractivity contribution in [2.75, 3.05) is 12.3 Å². The maximum absolute atomic E-state index is 13.6. The first-order chi connectivity index (χ1) is 17.1. The van der Waals surface area contributed by atoms with Gasteiger partial charge in [-0.3, -0.25) is 9.59 Å². The largest absolute Gasteiger partial charge is 0.354 e. The molecule has 0 aliphatic heterocycles. The van der Waals surface area contributed by atoms with E-state index in [1.165, 1.54) is 5.56 Å². The number of rotatable bonds is 13. The van der Waals surface area contributed by atoms with E-state index in [1.54, 1.807) is 16.7 Å². The number of aryl methyl sites for hydroxylation is 1. The van der Waals surface area contributed by atoms with Gasteiger partial charge in [-0.1, -0.05) is 104 Å². The lowest BCUT2D eigenvalue weighted by atomic mass is 10.0. The van der Waals surface area contributed by atoms with Gasteiger partial charge in [-0.05, 0) is 30.0 Å². The van der Waals surface area contributed by atoms with Gasteiger partial charge in [0.25, 0.3) is 0 Å². The van der Waals surface area contributed by atoms with E-state index in [0.29, 0.717) is 25.3 Å². The quantitative estimate of drug-likeness (QED) is 0.310. The highest BCUT2D eigenvalue weighted by Crippen LogP contribution is 2.19. The van der Waals surface area contributed by atoms with Crippen LogP contribution in [0.2, 0.25) is 0 Å². The average Bonchev–Trinajstić information content (AvgIpc) is 2.87. The van der Waals surface area contributed by atoms with Gasteiger partial charge in [0.2, 0.25) is 11.8 Å². The third-order valence-electron chi connectivity index (χ3n) is 5.87. The van der Waals surface area contributed by atoms with Crippen LogP contribution in [0.5, 0.6) is 0 Å². The van der Waals surface area contributed by atoms with Crippen LogP contribution in [0.15, 0.2) is 84.9 Å². The molecule has 0 unspecified atom stereocenters. The highest BCUT2D eigenvalue weighted by atomic mass is 32.2. The van der Waals surface area contributed by atoms with E-state index in [4.69, 9.17) is 0 Å². The van der Waals surface area contributed by atoms with Crippen LogP contribution in [0.1, 0.15) is 42.0 Å². The minimum Gasteiger partial charge on any atom is -0.354 e. The molecule has 3 rings (SSSR count). The Balaban J connectivity index is 1.83. The molecule has 0 saturated carbocycles. The van der Waals surface area contributed by atoms with Crippen molar-refractivity contribution in [2.45, 2.75) is 51.4 Å². The predicted octanol–water partition coefficient (Wildman–Crippen LogP) is 5.78. The molecule has 0 aromatic heterocycles. The smallest absolute Gasteiger partial charge is 0.243 e. The predicted molar refractivity (Wildman–Crippen MR) is 146 cm³/mol. The van der Waals surface area contributed by atoms with Crippen molar-refractivity contribution in [1.29, 1.82) is 0 Å². The van der Waals surface area contributed by atoms with Crippen molar-refractivity contribution in [3.8, 4) is 0 Å². The van der Waals surface area contributed by atoms with E-state index in [1.807, 2.05) is 73.7 Å². The number of thioether (sulfide) groups is 1. The number of amides is 2. The zero-order valence-corrected chi connectivity index (χ0v) is 21.6. The van der Waals surface area contributed by atoms with Crippen LogP contribution in [0.25, 0.3) is 0 Å². The normalized spacial score (nSPS) is 11.6.